The van der Waals surface area contributed by atoms with Gasteiger partial charge in [0.05, 0.1) is 23.4 Å². The van der Waals surface area contributed by atoms with E-state index in [9.17, 15) is 9.59 Å². The van der Waals surface area contributed by atoms with Crippen LogP contribution in [0.4, 0.5) is 5.69 Å². The zero-order valence-corrected chi connectivity index (χ0v) is 17.7. The molecule has 154 valence electrons. The first kappa shape index (κ1) is 21.4. The van der Waals surface area contributed by atoms with Crippen molar-refractivity contribution in [3.05, 3.63) is 58.1 Å². The fraction of sp³-hybridized carbons (Fsp3) is 0.333. The number of benzene rings is 2. The first-order valence-corrected chi connectivity index (χ1v) is 10.1. The summed E-state index contributed by atoms with van der Waals surface area (Å²) in [5, 5.41) is 3.74. The molecule has 3 rings (SSSR count). The Hall–Kier alpha value is -2.28. The summed E-state index contributed by atoms with van der Waals surface area (Å²) in [6.07, 6.45) is 0.370. The molecular formula is C21H23Cl2N3O3. The Kier molecular flexibility index (Phi) is 7.36. The summed E-state index contributed by atoms with van der Waals surface area (Å²) in [6.45, 7) is 3.22. The van der Waals surface area contributed by atoms with Crippen molar-refractivity contribution in [2.24, 2.45) is 0 Å². The van der Waals surface area contributed by atoms with Crippen LogP contribution in [0.25, 0.3) is 0 Å². The maximum Gasteiger partial charge on any atom is 0.255 e. The van der Waals surface area contributed by atoms with Gasteiger partial charge in [-0.15, -0.1) is 0 Å². The Morgan fingerprint density at radius 2 is 1.79 bits per heavy atom. The lowest BCUT2D eigenvalue weighted by atomic mass is 10.1. The molecule has 1 N–H and O–H groups in total. The molecular weight excluding hydrogens is 413 g/mol. The summed E-state index contributed by atoms with van der Waals surface area (Å²) in [7, 11) is 1.57. The van der Waals surface area contributed by atoms with Crippen LogP contribution in [0.15, 0.2) is 42.5 Å². The molecule has 1 fully saturated rings. The van der Waals surface area contributed by atoms with Crippen molar-refractivity contribution in [3.63, 3.8) is 0 Å². The van der Waals surface area contributed by atoms with Crippen molar-refractivity contribution < 1.29 is 14.3 Å². The SMILES string of the molecule is COc1ccccc1NC(=O)CCN1CCN(C(=O)c2ccc(Cl)cc2Cl)CC1. The first-order chi connectivity index (χ1) is 14.0. The van der Waals surface area contributed by atoms with Gasteiger partial charge in [0.15, 0.2) is 0 Å². The van der Waals surface area contributed by atoms with Crippen LogP contribution >= 0.6 is 23.2 Å². The van der Waals surface area contributed by atoms with Gasteiger partial charge in [0, 0.05) is 44.2 Å². The van der Waals surface area contributed by atoms with Gasteiger partial charge in [-0.3, -0.25) is 14.5 Å². The van der Waals surface area contributed by atoms with Crippen LogP contribution in [0.5, 0.6) is 5.75 Å². The van der Waals surface area contributed by atoms with Gasteiger partial charge in [0.1, 0.15) is 5.75 Å². The smallest absolute Gasteiger partial charge is 0.255 e. The summed E-state index contributed by atoms with van der Waals surface area (Å²) in [6, 6.07) is 12.2. The van der Waals surface area contributed by atoms with E-state index >= 15 is 0 Å². The summed E-state index contributed by atoms with van der Waals surface area (Å²) < 4.78 is 5.25. The van der Waals surface area contributed by atoms with Crippen LogP contribution in [-0.4, -0.2) is 61.4 Å². The third-order valence-electron chi connectivity index (χ3n) is 4.86. The summed E-state index contributed by atoms with van der Waals surface area (Å²) in [4.78, 5) is 28.9. The minimum absolute atomic E-state index is 0.0686. The Balaban J connectivity index is 1.46. The molecule has 0 spiro atoms. The predicted molar refractivity (Wildman–Crippen MR) is 115 cm³/mol. The highest BCUT2D eigenvalue weighted by Gasteiger charge is 2.24. The Labute approximate surface area is 180 Å². The number of carbonyl (C=O) groups excluding carboxylic acids is 2. The second kappa shape index (κ2) is 9.96. The van der Waals surface area contributed by atoms with Gasteiger partial charge in [-0.05, 0) is 30.3 Å². The topological polar surface area (TPSA) is 61.9 Å². The van der Waals surface area contributed by atoms with Gasteiger partial charge >= 0.3 is 0 Å². The van der Waals surface area contributed by atoms with Crippen LogP contribution in [0.2, 0.25) is 10.0 Å². The number of para-hydroxylation sites is 2. The minimum atomic E-state index is -0.0970. The van der Waals surface area contributed by atoms with Crippen molar-refractivity contribution in [2.45, 2.75) is 6.42 Å². The van der Waals surface area contributed by atoms with Crippen LogP contribution in [0, 0.1) is 0 Å². The van der Waals surface area contributed by atoms with Crippen molar-refractivity contribution in [1.82, 2.24) is 9.80 Å². The minimum Gasteiger partial charge on any atom is -0.495 e. The molecule has 0 saturated carbocycles. The number of halogens is 2. The quantitative estimate of drug-likeness (QED) is 0.749. The van der Waals surface area contributed by atoms with Crippen molar-refractivity contribution in [3.8, 4) is 5.75 Å². The third-order valence-corrected chi connectivity index (χ3v) is 5.41. The number of amides is 2. The molecule has 8 heteroatoms. The van der Waals surface area contributed by atoms with Gasteiger partial charge in [0.2, 0.25) is 5.91 Å². The van der Waals surface area contributed by atoms with Gasteiger partial charge in [-0.1, -0.05) is 35.3 Å². The molecule has 1 heterocycles. The maximum absolute atomic E-state index is 12.7. The summed E-state index contributed by atoms with van der Waals surface area (Å²) in [5.74, 6) is 0.468. The second-order valence-corrected chi connectivity index (χ2v) is 7.60. The van der Waals surface area contributed by atoms with Crippen LogP contribution in [-0.2, 0) is 4.79 Å². The zero-order valence-electron chi connectivity index (χ0n) is 16.2. The Bertz CT molecular complexity index is 883. The van der Waals surface area contributed by atoms with E-state index in [4.69, 9.17) is 27.9 Å². The van der Waals surface area contributed by atoms with E-state index in [1.807, 2.05) is 18.2 Å². The number of rotatable bonds is 6. The number of nitrogens with zero attached hydrogens (tertiary/aromatic N) is 2. The van der Waals surface area contributed by atoms with Crippen molar-refractivity contribution >= 4 is 40.7 Å². The molecule has 2 aromatic rings. The van der Waals surface area contributed by atoms with E-state index in [1.54, 1.807) is 36.3 Å². The van der Waals surface area contributed by atoms with E-state index < -0.39 is 0 Å². The van der Waals surface area contributed by atoms with E-state index in [2.05, 4.69) is 10.2 Å². The number of hydrogen-bond acceptors (Lipinski definition) is 4. The standard InChI is InChI=1S/C21H23Cl2N3O3/c1-29-19-5-3-2-4-18(19)24-20(27)8-9-25-10-12-26(13-11-25)21(28)16-7-6-15(22)14-17(16)23/h2-7,14H,8-13H2,1H3,(H,24,27). The van der Waals surface area contributed by atoms with Crippen LogP contribution < -0.4 is 10.1 Å². The Morgan fingerprint density at radius 1 is 1.07 bits per heavy atom. The molecule has 2 aromatic carbocycles. The van der Waals surface area contributed by atoms with Crippen LogP contribution in [0.3, 0.4) is 0 Å². The van der Waals surface area contributed by atoms with Gasteiger partial charge in [0.25, 0.3) is 5.91 Å². The molecule has 0 atom stereocenters. The number of nitrogens with one attached hydrogen (secondary N) is 1. The molecule has 0 unspecified atom stereocenters. The lowest BCUT2D eigenvalue weighted by molar-refractivity contribution is -0.116. The predicted octanol–water partition coefficient (Wildman–Crippen LogP) is 3.79. The second-order valence-electron chi connectivity index (χ2n) is 6.76. The lowest BCUT2D eigenvalue weighted by Crippen LogP contribution is -2.49. The fourth-order valence-corrected chi connectivity index (χ4v) is 3.72. The normalized spacial score (nSPS) is 14.5. The Morgan fingerprint density at radius 3 is 2.48 bits per heavy atom. The third kappa shape index (κ3) is 5.63. The highest BCUT2D eigenvalue weighted by molar-refractivity contribution is 6.36. The summed E-state index contributed by atoms with van der Waals surface area (Å²) >= 11 is 12.0. The summed E-state index contributed by atoms with van der Waals surface area (Å²) in [5.41, 5.74) is 1.12. The number of anilines is 1. The molecule has 29 heavy (non-hydrogen) atoms. The monoisotopic (exact) mass is 435 g/mol. The molecule has 0 radical (unpaired) electrons. The first-order valence-electron chi connectivity index (χ1n) is 9.37. The van der Waals surface area contributed by atoms with Gasteiger partial charge in [-0.25, -0.2) is 0 Å². The number of hydrogen-bond donors (Lipinski definition) is 1. The lowest BCUT2D eigenvalue weighted by Gasteiger charge is -2.34. The van der Waals surface area contributed by atoms with E-state index in [0.717, 1.165) is 0 Å². The van der Waals surface area contributed by atoms with E-state index in [1.165, 1.54) is 0 Å². The zero-order chi connectivity index (χ0) is 20.8. The number of carbonyl (C=O) groups is 2. The highest BCUT2D eigenvalue weighted by Crippen LogP contribution is 2.24. The average molecular weight is 436 g/mol. The largest absolute Gasteiger partial charge is 0.495 e. The van der Waals surface area contributed by atoms with Crippen molar-refractivity contribution in [1.29, 1.82) is 0 Å². The fourth-order valence-electron chi connectivity index (χ4n) is 3.23. The van der Waals surface area contributed by atoms with Gasteiger partial charge < -0.3 is 15.0 Å². The highest BCUT2D eigenvalue weighted by atomic mass is 35.5. The van der Waals surface area contributed by atoms with Crippen LogP contribution in [0.1, 0.15) is 16.8 Å². The van der Waals surface area contributed by atoms with Crippen molar-refractivity contribution in [2.75, 3.05) is 45.2 Å². The number of piperazine rings is 1. The number of methoxy groups -OCH3 is 1. The van der Waals surface area contributed by atoms with E-state index in [0.29, 0.717) is 66.2 Å². The molecule has 1 aliphatic heterocycles. The maximum atomic E-state index is 12.7. The molecule has 6 nitrogen and oxygen atoms in total. The number of ether oxygens (including phenoxy) is 1. The molecule has 1 aliphatic rings. The molecule has 2 amide bonds. The van der Waals surface area contributed by atoms with Gasteiger partial charge in [-0.2, -0.15) is 0 Å². The molecule has 0 aromatic heterocycles. The molecule has 0 bridgehead atoms. The molecule has 0 aliphatic carbocycles. The molecule has 1 saturated heterocycles. The van der Waals surface area contributed by atoms with E-state index in [-0.39, 0.29) is 11.8 Å². The average Bonchev–Trinajstić information content (AvgIpc) is 2.72.